The molecule has 0 heterocycles. The largest absolute Gasteiger partial charge is 0.479 e. The molecule has 0 aliphatic rings. The highest BCUT2D eigenvalue weighted by atomic mass is 16.5. The van der Waals surface area contributed by atoms with E-state index < -0.39 is 43.1 Å². The first-order chi connectivity index (χ1) is 11.8. The number of aliphatic carboxylic acids is 1. The van der Waals surface area contributed by atoms with Crippen molar-refractivity contribution < 1.29 is 45.3 Å². The van der Waals surface area contributed by atoms with Gasteiger partial charge in [0.15, 0.2) is 6.10 Å². The quantitative estimate of drug-likeness (QED) is 0.162. The monoisotopic (exact) mass is 368 g/mol. The van der Waals surface area contributed by atoms with Crippen molar-refractivity contribution in [1.29, 1.82) is 0 Å². The van der Waals surface area contributed by atoms with Gasteiger partial charge in [0.05, 0.1) is 19.3 Å². The van der Waals surface area contributed by atoms with Crippen LogP contribution in [0.3, 0.4) is 0 Å². The smallest absolute Gasteiger partial charge is 0.335 e. The van der Waals surface area contributed by atoms with Gasteiger partial charge in [-0.25, -0.2) is 4.79 Å². The lowest BCUT2D eigenvalue weighted by Crippen LogP contribution is -2.49. The molecule has 5 unspecified atom stereocenters. The van der Waals surface area contributed by atoms with Gasteiger partial charge in [0, 0.05) is 6.61 Å². The zero-order valence-corrected chi connectivity index (χ0v) is 14.4. The average Bonchev–Trinajstić information content (AvgIpc) is 2.58. The lowest BCUT2D eigenvalue weighted by molar-refractivity contribution is -0.165. The predicted molar refractivity (Wildman–Crippen MR) is 87.9 cm³/mol. The van der Waals surface area contributed by atoms with Crippen LogP contribution in [0.5, 0.6) is 0 Å². The average molecular weight is 368 g/mol. The topological polar surface area (TPSA) is 168 Å². The summed E-state index contributed by atoms with van der Waals surface area (Å²) in [5.74, 6) is -1.72. The van der Waals surface area contributed by atoms with Gasteiger partial charge in [-0.05, 0) is 12.8 Å². The second kappa shape index (κ2) is 14.4. The minimum absolute atomic E-state index is 0.0636. The van der Waals surface area contributed by atoms with E-state index in [2.05, 4.69) is 0 Å². The molecule has 7 N–H and O–H groups in total. The first kappa shape index (κ1) is 24.2. The molecule has 150 valence electrons. The molecule has 0 amide bonds. The van der Waals surface area contributed by atoms with E-state index in [1.54, 1.807) is 0 Å². The molecule has 0 fully saturated rings. The maximum absolute atomic E-state index is 10.5. The number of rotatable bonds is 16. The molecule has 0 aliphatic heterocycles. The van der Waals surface area contributed by atoms with E-state index in [9.17, 15) is 25.2 Å². The second-order valence-corrected chi connectivity index (χ2v) is 6.16. The molecular formula is C16H32O9. The van der Waals surface area contributed by atoms with Crippen LogP contribution in [0.25, 0.3) is 0 Å². The standard InChI is InChI=1S/C16H32O9/c17-8-6-4-2-1-3-5-7-11(18)9-25-10-12(19)13(20)14(21)15(22)16(23)24/h11-15,17-22H,1-10H2,(H,23,24). The van der Waals surface area contributed by atoms with Crippen molar-refractivity contribution in [3.05, 3.63) is 0 Å². The number of hydrogen-bond donors (Lipinski definition) is 7. The molecule has 9 nitrogen and oxygen atoms in total. The molecule has 0 rings (SSSR count). The lowest BCUT2D eigenvalue weighted by Gasteiger charge is -2.24. The van der Waals surface area contributed by atoms with Crippen LogP contribution in [0.4, 0.5) is 0 Å². The summed E-state index contributed by atoms with van der Waals surface area (Å²) in [6, 6.07) is 0. The number of carbonyl (C=O) groups is 1. The number of hydrogen-bond acceptors (Lipinski definition) is 8. The van der Waals surface area contributed by atoms with Crippen molar-refractivity contribution >= 4 is 5.97 Å². The predicted octanol–water partition coefficient (Wildman–Crippen LogP) is -1.38. The molecular weight excluding hydrogens is 336 g/mol. The Morgan fingerprint density at radius 2 is 1.36 bits per heavy atom. The highest BCUT2D eigenvalue weighted by molar-refractivity contribution is 5.72. The molecule has 0 aliphatic carbocycles. The number of aliphatic hydroxyl groups is 6. The van der Waals surface area contributed by atoms with Gasteiger partial charge in [-0.2, -0.15) is 0 Å². The molecule has 0 bridgehead atoms. The van der Waals surface area contributed by atoms with Gasteiger partial charge >= 0.3 is 5.97 Å². The Hall–Kier alpha value is -0.810. The van der Waals surface area contributed by atoms with Crippen LogP contribution in [-0.4, -0.2) is 92.1 Å². The fourth-order valence-corrected chi connectivity index (χ4v) is 2.27. The zero-order chi connectivity index (χ0) is 19.2. The summed E-state index contributed by atoms with van der Waals surface area (Å²) in [6.45, 7) is -0.266. The maximum atomic E-state index is 10.5. The number of carboxylic acids is 1. The SMILES string of the molecule is O=C(O)C(O)C(O)C(O)C(O)COCC(O)CCCCCCCCO. The van der Waals surface area contributed by atoms with Crippen LogP contribution in [0, 0.1) is 0 Å². The Morgan fingerprint density at radius 3 is 1.92 bits per heavy atom. The maximum Gasteiger partial charge on any atom is 0.335 e. The Morgan fingerprint density at radius 1 is 0.800 bits per heavy atom. The van der Waals surface area contributed by atoms with Crippen molar-refractivity contribution in [3.63, 3.8) is 0 Å². The fraction of sp³-hybridized carbons (Fsp3) is 0.938. The van der Waals surface area contributed by atoms with Crippen molar-refractivity contribution in [3.8, 4) is 0 Å². The van der Waals surface area contributed by atoms with Crippen LogP contribution in [0.2, 0.25) is 0 Å². The fourth-order valence-electron chi connectivity index (χ4n) is 2.27. The normalized spacial score (nSPS) is 17.7. The summed E-state index contributed by atoms with van der Waals surface area (Å²) in [6.07, 6.45) is -2.29. The number of unbranched alkanes of at least 4 members (excludes halogenated alkanes) is 5. The molecule has 0 saturated heterocycles. The van der Waals surface area contributed by atoms with Gasteiger partial charge < -0.3 is 40.5 Å². The summed E-state index contributed by atoms with van der Waals surface area (Å²) < 4.78 is 5.05. The van der Waals surface area contributed by atoms with Crippen molar-refractivity contribution in [2.24, 2.45) is 0 Å². The van der Waals surface area contributed by atoms with Crippen molar-refractivity contribution in [1.82, 2.24) is 0 Å². The first-order valence-electron chi connectivity index (χ1n) is 8.63. The van der Waals surface area contributed by atoms with E-state index in [0.29, 0.717) is 6.42 Å². The van der Waals surface area contributed by atoms with E-state index in [-0.39, 0.29) is 13.2 Å². The van der Waals surface area contributed by atoms with E-state index in [1.165, 1.54) is 0 Å². The van der Waals surface area contributed by atoms with Crippen molar-refractivity contribution in [2.75, 3.05) is 19.8 Å². The second-order valence-electron chi connectivity index (χ2n) is 6.16. The molecule has 0 radical (unpaired) electrons. The van der Waals surface area contributed by atoms with Gasteiger partial charge in [0.25, 0.3) is 0 Å². The molecule has 9 heteroatoms. The van der Waals surface area contributed by atoms with Gasteiger partial charge in [-0.15, -0.1) is 0 Å². The summed E-state index contributed by atoms with van der Waals surface area (Å²) in [5, 5.41) is 64.6. The molecule has 0 saturated carbocycles. The van der Waals surface area contributed by atoms with Crippen molar-refractivity contribution in [2.45, 2.75) is 75.5 Å². The van der Waals surface area contributed by atoms with Gasteiger partial charge in [-0.3, -0.25) is 0 Å². The third-order valence-corrected chi connectivity index (χ3v) is 3.86. The van der Waals surface area contributed by atoms with Crippen LogP contribution >= 0.6 is 0 Å². The number of carboxylic acid groups (broad SMARTS) is 1. The Bertz CT molecular complexity index is 340. The van der Waals surface area contributed by atoms with Crippen LogP contribution in [0.15, 0.2) is 0 Å². The number of aliphatic hydroxyl groups excluding tert-OH is 6. The summed E-state index contributed by atoms with van der Waals surface area (Å²) in [7, 11) is 0. The van der Waals surface area contributed by atoms with Gasteiger partial charge in [-0.1, -0.05) is 32.1 Å². The van der Waals surface area contributed by atoms with E-state index in [0.717, 1.165) is 38.5 Å². The zero-order valence-electron chi connectivity index (χ0n) is 14.4. The third kappa shape index (κ3) is 11.4. The number of ether oxygens (including phenoxy) is 1. The van der Waals surface area contributed by atoms with E-state index in [1.807, 2.05) is 0 Å². The minimum atomic E-state index is -2.22. The molecule has 0 aromatic rings. The Labute approximate surface area is 147 Å². The van der Waals surface area contributed by atoms with E-state index in [4.69, 9.17) is 20.1 Å². The van der Waals surface area contributed by atoms with E-state index >= 15 is 0 Å². The van der Waals surface area contributed by atoms with Crippen LogP contribution in [0.1, 0.15) is 44.9 Å². The third-order valence-electron chi connectivity index (χ3n) is 3.86. The van der Waals surface area contributed by atoms with Crippen LogP contribution < -0.4 is 0 Å². The molecule has 0 spiro atoms. The Kier molecular flexibility index (Phi) is 13.9. The van der Waals surface area contributed by atoms with Gasteiger partial charge in [0.2, 0.25) is 0 Å². The summed E-state index contributed by atoms with van der Waals surface area (Å²) >= 11 is 0. The lowest BCUT2D eigenvalue weighted by atomic mass is 10.0. The Balaban J connectivity index is 3.78. The molecule has 0 aromatic heterocycles. The summed E-state index contributed by atoms with van der Waals surface area (Å²) in [4.78, 5) is 10.5. The van der Waals surface area contributed by atoms with Crippen LogP contribution in [-0.2, 0) is 9.53 Å². The highest BCUT2D eigenvalue weighted by Crippen LogP contribution is 2.10. The molecule has 5 atom stereocenters. The summed E-state index contributed by atoms with van der Waals surface area (Å²) in [5.41, 5.74) is 0. The highest BCUT2D eigenvalue weighted by Gasteiger charge is 2.34. The molecule has 25 heavy (non-hydrogen) atoms. The molecule has 0 aromatic carbocycles. The minimum Gasteiger partial charge on any atom is -0.479 e. The first-order valence-corrected chi connectivity index (χ1v) is 8.63. The van der Waals surface area contributed by atoms with Gasteiger partial charge in [0.1, 0.15) is 18.3 Å².